The van der Waals surface area contributed by atoms with E-state index in [2.05, 4.69) is 0 Å². The van der Waals surface area contributed by atoms with Gasteiger partial charge in [-0.15, -0.1) is 0 Å². The van der Waals surface area contributed by atoms with Crippen LogP contribution in [0.4, 0.5) is 0 Å². The zero-order valence-corrected chi connectivity index (χ0v) is 6.11. The van der Waals surface area contributed by atoms with Gasteiger partial charge in [0.2, 0.25) is 5.75 Å². The minimum Gasteiger partial charge on any atom is -0.504 e. The summed E-state index contributed by atoms with van der Waals surface area (Å²) in [6.07, 6.45) is 0. The summed E-state index contributed by atoms with van der Waals surface area (Å²) in [4.78, 5) is 10.7. The van der Waals surface area contributed by atoms with Crippen LogP contribution in [0.15, 0.2) is 18.2 Å². The van der Waals surface area contributed by atoms with Gasteiger partial charge in [-0.2, -0.15) is 0 Å². The van der Waals surface area contributed by atoms with E-state index in [1.54, 1.807) is 12.1 Å². The summed E-state index contributed by atoms with van der Waals surface area (Å²) in [5, 5.41) is 9.22. The van der Waals surface area contributed by atoms with Gasteiger partial charge in [0.15, 0.2) is 18.1 Å². The average molecular weight is 166 g/mol. The number of esters is 1. The van der Waals surface area contributed by atoms with Crippen molar-refractivity contribution in [1.29, 1.82) is 0 Å². The number of phenols is 1. The summed E-state index contributed by atoms with van der Waals surface area (Å²) in [5.74, 6) is -0.0760. The van der Waals surface area contributed by atoms with Crippen molar-refractivity contribution in [2.24, 2.45) is 0 Å². The highest BCUT2D eigenvalue weighted by Crippen LogP contribution is 2.37. The van der Waals surface area contributed by atoms with Crippen molar-refractivity contribution in [2.75, 3.05) is 6.61 Å². The molecule has 0 radical (unpaired) electrons. The van der Waals surface area contributed by atoms with Gasteiger partial charge in [0, 0.05) is 0 Å². The first-order chi connectivity index (χ1) is 5.77. The molecule has 1 heterocycles. The Morgan fingerprint density at radius 2 is 2.25 bits per heavy atom. The lowest BCUT2D eigenvalue weighted by Crippen LogP contribution is -2.22. The zero-order chi connectivity index (χ0) is 8.55. The maximum absolute atomic E-state index is 10.7. The molecule has 1 aliphatic heterocycles. The maximum atomic E-state index is 10.7. The van der Waals surface area contributed by atoms with Crippen molar-refractivity contribution in [3.05, 3.63) is 18.2 Å². The van der Waals surface area contributed by atoms with Crippen LogP contribution in [0.1, 0.15) is 0 Å². The Labute approximate surface area is 68.3 Å². The molecule has 2 rings (SSSR count). The van der Waals surface area contributed by atoms with Crippen molar-refractivity contribution in [1.82, 2.24) is 0 Å². The van der Waals surface area contributed by atoms with E-state index in [1.165, 1.54) is 6.07 Å². The van der Waals surface area contributed by atoms with Crippen LogP contribution in [0, 0.1) is 0 Å². The molecule has 1 aromatic carbocycles. The van der Waals surface area contributed by atoms with Crippen LogP contribution in [-0.2, 0) is 4.79 Å². The monoisotopic (exact) mass is 166 g/mol. The van der Waals surface area contributed by atoms with Crippen LogP contribution in [0.25, 0.3) is 0 Å². The van der Waals surface area contributed by atoms with Crippen LogP contribution in [0.2, 0.25) is 0 Å². The molecule has 0 spiro atoms. The lowest BCUT2D eigenvalue weighted by atomic mass is 10.3. The van der Waals surface area contributed by atoms with Crippen molar-refractivity contribution >= 4 is 5.97 Å². The van der Waals surface area contributed by atoms with Gasteiger partial charge in [-0.3, -0.25) is 0 Å². The molecule has 0 saturated heterocycles. The number of ether oxygens (including phenoxy) is 2. The largest absolute Gasteiger partial charge is 0.504 e. The fraction of sp³-hybridized carbons (Fsp3) is 0.125. The number of fused-ring (bicyclic) bond motifs is 1. The number of carbonyl (C=O) groups excluding carboxylic acids is 1. The van der Waals surface area contributed by atoms with Gasteiger partial charge in [0.25, 0.3) is 0 Å². The molecule has 0 amide bonds. The molecule has 1 N–H and O–H groups in total. The fourth-order valence-electron chi connectivity index (χ4n) is 1.00. The van der Waals surface area contributed by atoms with Gasteiger partial charge in [-0.1, -0.05) is 6.07 Å². The number of benzene rings is 1. The quantitative estimate of drug-likeness (QED) is 0.455. The number of phenolic OH excluding ortho intramolecular Hbond substituents is 1. The molecule has 1 aromatic rings. The third kappa shape index (κ3) is 0.972. The molecule has 4 heteroatoms. The summed E-state index contributed by atoms with van der Waals surface area (Å²) >= 11 is 0. The number of hydrogen-bond donors (Lipinski definition) is 1. The lowest BCUT2D eigenvalue weighted by Gasteiger charge is -2.16. The van der Waals surface area contributed by atoms with Gasteiger partial charge < -0.3 is 14.6 Å². The Kier molecular flexibility index (Phi) is 1.40. The molecule has 0 aliphatic carbocycles. The molecular formula is C8H6O4. The van der Waals surface area contributed by atoms with Crippen LogP contribution < -0.4 is 9.47 Å². The summed E-state index contributed by atoms with van der Waals surface area (Å²) in [7, 11) is 0. The van der Waals surface area contributed by atoms with E-state index in [4.69, 9.17) is 9.47 Å². The molecule has 0 fully saturated rings. The first-order valence-electron chi connectivity index (χ1n) is 3.43. The Bertz CT molecular complexity index is 332. The van der Waals surface area contributed by atoms with Crippen molar-refractivity contribution in [2.45, 2.75) is 0 Å². The third-order valence-corrected chi connectivity index (χ3v) is 1.52. The van der Waals surface area contributed by atoms with Crippen molar-refractivity contribution in [3.63, 3.8) is 0 Å². The number of para-hydroxylation sites is 1. The highest BCUT2D eigenvalue weighted by molar-refractivity contribution is 5.78. The molecule has 0 atom stereocenters. The van der Waals surface area contributed by atoms with Gasteiger partial charge in [0.05, 0.1) is 0 Å². The first kappa shape index (κ1) is 6.97. The Morgan fingerprint density at radius 1 is 1.42 bits per heavy atom. The predicted octanol–water partition coefficient (Wildman–Crippen LogP) is 0.690. The second-order valence-corrected chi connectivity index (χ2v) is 2.37. The van der Waals surface area contributed by atoms with E-state index in [-0.39, 0.29) is 18.1 Å². The molecule has 4 nitrogen and oxygen atoms in total. The van der Waals surface area contributed by atoms with Crippen LogP contribution in [0.3, 0.4) is 0 Å². The highest BCUT2D eigenvalue weighted by atomic mass is 16.6. The van der Waals surface area contributed by atoms with E-state index < -0.39 is 5.97 Å². The third-order valence-electron chi connectivity index (χ3n) is 1.52. The summed E-state index contributed by atoms with van der Waals surface area (Å²) < 4.78 is 9.73. The standard InChI is InChI=1S/C8H6O4/c9-5-2-1-3-6-8(5)12-7(10)4-11-6/h1-3,9H,4H2. The zero-order valence-electron chi connectivity index (χ0n) is 6.11. The fourth-order valence-corrected chi connectivity index (χ4v) is 1.00. The maximum Gasteiger partial charge on any atom is 0.349 e. The molecule has 0 bridgehead atoms. The SMILES string of the molecule is O=C1COc2cccc(O)c2O1. The Balaban J connectivity index is 2.50. The minimum absolute atomic E-state index is 0.0828. The molecule has 0 aromatic heterocycles. The van der Waals surface area contributed by atoms with E-state index in [9.17, 15) is 9.90 Å². The van der Waals surface area contributed by atoms with Crippen LogP contribution >= 0.6 is 0 Å². The van der Waals surface area contributed by atoms with Gasteiger partial charge >= 0.3 is 5.97 Å². The number of aromatic hydroxyl groups is 1. The van der Waals surface area contributed by atoms with Crippen molar-refractivity contribution < 1.29 is 19.4 Å². The molecular weight excluding hydrogens is 160 g/mol. The van der Waals surface area contributed by atoms with Gasteiger partial charge in [-0.05, 0) is 12.1 Å². The molecule has 0 saturated carbocycles. The second kappa shape index (κ2) is 2.41. The molecule has 12 heavy (non-hydrogen) atoms. The van der Waals surface area contributed by atoms with Crippen LogP contribution in [0.5, 0.6) is 17.2 Å². The summed E-state index contributed by atoms with van der Waals surface area (Å²) in [5.41, 5.74) is 0. The van der Waals surface area contributed by atoms with E-state index in [0.717, 1.165) is 0 Å². The topological polar surface area (TPSA) is 55.8 Å². The Morgan fingerprint density at radius 3 is 3.08 bits per heavy atom. The van der Waals surface area contributed by atoms with E-state index in [1.807, 2.05) is 0 Å². The number of carbonyl (C=O) groups is 1. The van der Waals surface area contributed by atoms with E-state index >= 15 is 0 Å². The smallest absolute Gasteiger partial charge is 0.349 e. The second-order valence-electron chi connectivity index (χ2n) is 2.37. The van der Waals surface area contributed by atoms with Crippen LogP contribution in [-0.4, -0.2) is 17.7 Å². The van der Waals surface area contributed by atoms with E-state index in [0.29, 0.717) is 5.75 Å². The Hall–Kier alpha value is -1.71. The number of hydrogen-bond acceptors (Lipinski definition) is 4. The van der Waals surface area contributed by atoms with Crippen molar-refractivity contribution in [3.8, 4) is 17.2 Å². The predicted molar refractivity (Wildman–Crippen MR) is 39.2 cm³/mol. The molecule has 62 valence electrons. The highest BCUT2D eigenvalue weighted by Gasteiger charge is 2.20. The lowest BCUT2D eigenvalue weighted by molar-refractivity contribution is -0.138. The summed E-state index contributed by atoms with van der Waals surface area (Å²) in [6, 6.07) is 4.68. The minimum atomic E-state index is -0.496. The number of rotatable bonds is 0. The van der Waals surface area contributed by atoms with Gasteiger partial charge in [-0.25, -0.2) is 4.79 Å². The van der Waals surface area contributed by atoms with Gasteiger partial charge in [0.1, 0.15) is 0 Å². The normalized spacial score (nSPS) is 14.5. The molecule has 1 aliphatic rings. The first-order valence-corrected chi connectivity index (χ1v) is 3.43. The average Bonchev–Trinajstić information content (AvgIpc) is 2.07. The summed E-state index contributed by atoms with van der Waals surface area (Å²) in [6.45, 7) is -0.101. The molecule has 0 unspecified atom stereocenters.